The number of nitrogens with one attached hydrogen (secondary N) is 1. The highest BCUT2D eigenvalue weighted by Gasteiger charge is 2.23. The Morgan fingerprint density at radius 2 is 2.26 bits per heavy atom. The van der Waals surface area contributed by atoms with E-state index < -0.39 is 0 Å². The minimum absolute atomic E-state index is 0.555. The van der Waals surface area contributed by atoms with Crippen molar-refractivity contribution in [3.8, 4) is 0 Å². The van der Waals surface area contributed by atoms with Gasteiger partial charge in [-0.2, -0.15) is 5.10 Å². The molecule has 0 aromatic carbocycles. The Morgan fingerprint density at radius 3 is 2.79 bits per heavy atom. The lowest BCUT2D eigenvalue weighted by Crippen LogP contribution is -2.38. The number of aryl methyl sites for hydroxylation is 2. The fourth-order valence-electron chi connectivity index (χ4n) is 3.18. The van der Waals surface area contributed by atoms with Gasteiger partial charge in [-0.25, -0.2) is 0 Å². The zero-order valence-electron chi connectivity index (χ0n) is 12.7. The molecule has 108 valence electrons. The van der Waals surface area contributed by atoms with E-state index in [4.69, 9.17) is 4.74 Å². The van der Waals surface area contributed by atoms with Gasteiger partial charge in [-0.05, 0) is 58.1 Å². The average molecular weight is 265 g/mol. The first-order valence-corrected chi connectivity index (χ1v) is 7.37. The summed E-state index contributed by atoms with van der Waals surface area (Å²) in [6.07, 6.45) is 4.76. The average Bonchev–Trinajstić information content (AvgIpc) is 2.66. The van der Waals surface area contributed by atoms with E-state index in [2.05, 4.69) is 31.3 Å². The van der Waals surface area contributed by atoms with E-state index >= 15 is 0 Å². The van der Waals surface area contributed by atoms with Crippen molar-refractivity contribution in [2.45, 2.75) is 45.6 Å². The van der Waals surface area contributed by atoms with E-state index in [1.54, 1.807) is 0 Å². The van der Waals surface area contributed by atoms with Gasteiger partial charge in [0.25, 0.3) is 0 Å². The molecule has 1 saturated heterocycles. The molecule has 0 amide bonds. The number of nitrogens with zero attached hydrogens (tertiary/aromatic N) is 2. The SMILES string of the molecule is CNC(CCc1c(C)nn(C)c1C)C1CCCOC1. The van der Waals surface area contributed by atoms with Crippen LogP contribution in [0.5, 0.6) is 0 Å². The molecule has 1 aromatic rings. The first-order chi connectivity index (χ1) is 9.13. The number of aromatic nitrogens is 2. The lowest BCUT2D eigenvalue weighted by atomic mass is 9.89. The van der Waals surface area contributed by atoms with Gasteiger partial charge in [0, 0.05) is 25.4 Å². The molecule has 2 rings (SSSR count). The molecule has 4 heteroatoms. The van der Waals surface area contributed by atoms with Crippen molar-refractivity contribution in [1.29, 1.82) is 0 Å². The summed E-state index contributed by atoms with van der Waals surface area (Å²) in [4.78, 5) is 0. The van der Waals surface area contributed by atoms with Crippen molar-refractivity contribution in [2.24, 2.45) is 13.0 Å². The highest BCUT2D eigenvalue weighted by molar-refractivity contribution is 5.24. The molecule has 2 atom stereocenters. The molecule has 19 heavy (non-hydrogen) atoms. The normalized spacial score (nSPS) is 21.6. The second-order valence-electron chi connectivity index (χ2n) is 5.68. The number of hydrogen-bond acceptors (Lipinski definition) is 3. The molecule has 1 aliphatic rings. The Bertz CT molecular complexity index is 408. The molecule has 1 fully saturated rings. The first-order valence-electron chi connectivity index (χ1n) is 7.37. The standard InChI is InChI=1S/C15H27N3O/c1-11-14(12(2)18(4)17-11)7-8-15(16-3)13-6-5-9-19-10-13/h13,15-16H,5-10H2,1-4H3. The van der Waals surface area contributed by atoms with Gasteiger partial charge in [0.2, 0.25) is 0 Å². The summed E-state index contributed by atoms with van der Waals surface area (Å²) in [5, 5.41) is 7.98. The second kappa shape index (κ2) is 6.53. The Balaban J connectivity index is 1.95. The van der Waals surface area contributed by atoms with E-state index in [9.17, 15) is 0 Å². The van der Waals surface area contributed by atoms with Crippen molar-refractivity contribution in [3.05, 3.63) is 17.0 Å². The third-order valence-electron chi connectivity index (χ3n) is 4.50. The van der Waals surface area contributed by atoms with Gasteiger partial charge in [0.15, 0.2) is 0 Å². The molecule has 2 heterocycles. The fraction of sp³-hybridized carbons (Fsp3) is 0.800. The summed E-state index contributed by atoms with van der Waals surface area (Å²) in [5.41, 5.74) is 3.89. The van der Waals surface area contributed by atoms with Crippen LogP contribution in [-0.4, -0.2) is 36.1 Å². The third kappa shape index (κ3) is 3.37. The van der Waals surface area contributed by atoms with Crippen LogP contribution in [0.4, 0.5) is 0 Å². The molecule has 2 unspecified atom stereocenters. The van der Waals surface area contributed by atoms with E-state index in [-0.39, 0.29) is 0 Å². The predicted molar refractivity (Wildman–Crippen MR) is 77.4 cm³/mol. The van der Waals surface area contributed by atoms with E-state index in [0.29, 0.717) is 12.0 Å². The van der Waals surface area contributed by atoms with Crippen LogP contribution in [0.1, 0.15) is 36.2 Å². The fourth-order valence-corrected chi connectivity index (χ4v) is 3.18. The quantitative estimate of drug-likeness (QED) is 0.885. The molecule has 0 aliphatic carbocycles. The maximum atomic E-state index is 5.61. The van der Waals surface area contributed by atoms with Crippen LogP contribution < -0.4 is 5.32 Å². The molecule has 0 spiro atoms. The zero-order valence-corrected chi connectivity index (χ0v) is 12.7. The Hall–Kier alpha value is -0.870. The molecule has 0 saturated carbocycles. The third-order valence-corrected chi connectivity index (χ3v) is 4.50. The van der Waals surface area contributed by atoms with Crippen LogP contribution in [0, 0.1) is 19.8 Å². The lowest BCUT2D eigenvalue weighted by Gasteiger charge is -2.30. The summed E-state index contributed by atoms with van der Waals surface area (Å²) in [6, 6.07) is 0.555. The topological polar surface area (TPSA) is 39.1 Å². The minimum Gasteiger partial charge on any atom is -0.381 e. The van der Waals surface area contributed by atoms with Crippen molar-refractivity contribution >= 4 is 0 Å². The number of ether oxygens (including phenoxy) is 1. The van der Waals surface area contributed by atoms with Gasteiger partial charge in [0.05, 0.1) is 12.3 Å². The van der Waals surface area contributed by atoms with Crippen molar-refractivity contribution in [3.63, 3.8) is 0 Å². The van der Waals surface area contributed by atoms with Crippen molar-refractivity contribution < 1.29 is 4.74 Å². The van der Waals surface area contributed by atoms with Crippen molar-refractivity contribution in [2.75, 3.05) is 20.3 Å². The zero-order chi connectivity index (χ0) is 13.8. The summed E-state index contributed by atoms with van der Waals surface area (Å²) >= 11 is 0. The Morgan fingerprint density at radius 1 is 1.47 bits per heavy atom. The van der Waals surface area contributed by atoms with Crippen LogP contribution >= 0.6 is 0 Å². The predicted octanol–water partition coefficient (Wildman–Crippen LogP) is 1.98. The van der Waals surface area contributed by atoms with Gasteiger partial charge in [-0.1, -0.05) is 0 Å². The second-order valence-corrected chi connectivity index (χ2v) is 5.68. The van der Waals surface area contributed by atoms with Crippen LogP contribution in [0.3, 0.4) is 0 Å². The highest BCUT2D eigenvalue weighted by atomic mass is 16.5. The first kappa shape index (κ1) is 14.5. The van der Waals surface area contributed by atoms with E-state index in [1.807, 2.05) is 11.7 Å². The summed E-state index contributed by atoms with van der Waals surface area (Å²) in [5.74, 6) is 0.663. The van der Waals surface area contributed by atoms with Gasteiger partial charge < -0.3 is 10.1 Å². The molecular weight excluding hydrogens is 238 g/mol. The maximum Gasteiger partial charge on any atom is 0.0628 e. The summed E-state index contributed by atoms with van der Waals surface area (Å²) < 4.78 is 7.60. The van der Waals surface area contributed by atoms with Crippen LogP contribution in [0.25, 0.3) is 0 Å². The molecular formula is C15H27N3O. The van der Waals surface area contributed by atoms with Gasteiger partial charge >= 0.3 is 0 Å². The van der Waals surface area contributed by atoms with Gasteiger partial charge in [-0.15, -0.1) is 0 Å². The molecule has 4 nitrogen and oxygen atoms in total. The van der Waals surface area contributed by atoms with Crippen LogP contribution in [0.15, 0.2) is 0 Å². The van der Waals surface area contributed by atoms with Crippen molar-refractivity contribution in [1.82, 2.24) is 15.1 Å². The molecule has 1 aliphatic heterocycles. The van der Waals surface area contributed by atoms with Crippen LogP contribution in [-0.2, 0) is 18.2 Å². The number of hydrogen-bond donors (Lipinski definition) is 1. The minimum atomic E-state index is 0.555. The smallest absolute Gasteiger partial charge is 0.0628 e. The highest BCUT2D eigenvalue weighted by Crippen LogP contribution is 2.22. The number of rotatable bonds is 5. The van der Waals surface area contributed by atoms with Gasteiger partial charge in [0.1, 0.15) is 0 Å². The maximum absolute atomic E-state index is 5.61. The van der Waals surface area contributed by atoms with E-state index in [0.717, 1.165) is 26.1 Å². The lowest BCUT2D eigenvalue weighted by molar-refractivity contribution is 0.0392. The monoisotopic (exact) mass is 265 g/mol. The van der Waals surface area contributed by atoms with Crippen LogP contribution in [0.2, 0.25) is 0 Å². The molecule has 0 radical (unpaired) electrons. The summed E-state index contributed by atoms with van der Waals surface area (Å²) in [6.45, 7) is 6.12. The molecule has 0 bridgehead atoms. The molecule has 1 aromatic heterocycles. The largest absolute Gasteiger partial charge is 0.381 e. The summed E-state index contributed by atoms with van der Waals surface area (Å²) in [7, 11) is 4.10. The van der Waals surface area contributed by atoms with E-state index in [1.165, 1.54) is 29.8 Å². The Labute approximate surface area is 116 Å². The Kier molecular flexibility index (Phi) is 4.99. The molecule has 1 N–H and O–H groups in total. The van der Waals surface area contributed by atoms with Gasteiger partial charge in [-0.3, -0.25) is 4.68 Å².